The van der Waals surface area contributed by atoms with Gasteiger partial charge in [-0.3, -0.25) is 4.79 Å². The Balaban J connectivity index is 0.000000382. The van der Waals surface area contributed by atoms with Crippen molar-refractivity contribution in [1.29, 1.82) is 0 Å². The number of nitrogens with two attached hydrogens (primary N) is 1. The second-order valence-corrected chi connectivity index (χ2v) is 5.09. The molecule has 1 amide bonds. The van der Waals surface area contributed by atoms with Crippen molar-refractivity contribution >= 4 is 11.9 Å². The zero-order chi connectivity index (χ0) is 16.3. The molecule has 0 aromatic heterocycles. The standard InChI is InChI=1S/C8H15NO2.C8H13NO/c1-3-7(8(10)11)6(2)4-5-9;1-2-7-5-3-4-6-9-8(7)10/h3-5,9H2,1-2H3,(H,10,11);2,7H,1,3-6H2,(H,9,10). The minimum atomic E-state index is -0.821. The van der Waals surface area contributed by atoms with Crippen LogP contribution in [0.1, 0.15) is 46.0 Å². The smallest absolute Gasteiger partial charge is 0.331 e. The number of carbonyl (C=O) groups is 2. The minimum Gasteiger partial charge on any atom is -0.478 e. The van der Waals surface area contributed by atoms with E-state index in [1.807, 2.05) is 13.8 Å². The molecule has 0 spiro atoms. The molecule has 1 atom stereocenters. The van der Waals surface area contributed by atoms with E-state index in [0.717, 1.165) is 31.4 Å². The Morgan fingerprint density at radius 3 is 2.67 bits per heavy atom. The number of nitrogens with one attached hydrogen (secondary N) is 1. The quantitative estimate of drug-likeness (QED) is 0.536. The largest absolute Gasteiger partial charge is 0.478 e. The first-order valence-electron chi connectivity index (χ1n) is 7.50. The Hall–Kier alpha value is -1.62. The highest BCUT2D eigenvalue weighted by atomic mass is 16.4. The van der Waals surface area contributed by atoms with Crippen LogP contribution in [-0.2, 0) is 9.59 Å². The number of rotatable bonds is 5. The fourth-order valence-electron chi connectivity index (χ4n) is 2.19. The summed E-state index contributed by atoms with van der Waals surface area (Å²) in [4.78, 5) is 21.6. The van der Waals surface area contributed by atoms with E-state index in [4.69, 9.17) is 10.8 Å². The number of hydrogen-bond acceptors (Lipinski definition) is 3. The molecule has 1 aliphatic rings. The van der Waals surface area contributed by atoms with E-state index in [0.29, 0.717) is 25.0 Å². The van der Waals surface area contributed by atoms with E-state index >= 15 is 0 Å². The normalized spacial score (nSPS) is 19.4. The van der Waals surface area contributed by atoms with Crippen molar-refractivity contribution in [1.82, 2.24) is 5.32 Å². The summed E-state index contributed by atoms with van der Waals surface area (Å²) < 4.78 is 0. The summed E-state index contributed by atoms with van der Waals surface area (Å²) in [5.74, 6) is -0.617. The predicted octanol–water partition coefficient (Wildman–Crippen LogP) is 2.23. The SMILES string of the molecule is C=CC1CCCCNC1=O.CCC(C(=O)O)=C(C)CCN. The first-order valence-corrected chi connectivity index (χ1v) is 7.50. The third-order valence-electron chi connectivity index (χ3n) is 3.51. The van der Waals surface area contributed by atoms with Crippen LogP contribution >= 0.6 is 0 Å². The molecule has 5 heteroatoms. The number of aliphatic carboxylic acids is 1. The Bertz CT molecular complexity index is 389. The molecule has 0 aromatic rings. The molecular formula is C16H28N2O3. The third-order valence-corrected chi connectivity index (χ3v) is 3.51. The van der Waals surface area contributed by atoms with Gasteiger partial charge in [-0.05, 0) is 39.2 Å². The van der Waals surface area contributed by atoms with Crippen LogP contribution in [0.25, 0.3) is 0 Å². The van der Waals surface area contributed by atoms with E-state index in [-0.39, 0.29) is 11.8 Å². The lowest BCUT2D eigenvalue weighted by atomic mass is 10.0. The van der Waals surface area contributed by atoms with Gasteiger partial charge in [0.05, 0.1) is 5.92 Å². The number of carboxylic acid groups (broad SMARTS) is 1. The number of amides is 1. The van der Waals surface area contributed by atoms with Crippen LogP contribution in [0.3, 0.4) is 0 Å². The number of carboxylic acids is 1. The van der Waals surface area contributed by atoms with Crippen molar-refractivity contribution in [3.05, 3.63) is 23.8 Å². The van der Waals surface area contributed by atoms with E-state index in [2.05, 4.69) is 11.9 Å². The first kappa shape index (κ1) is 19.4. The fourth-order valence-corrected chi connectivity index (χ4v) is 2.19. The molecule has 1 heterocycles. The molecule has 1 aliphatic heterocycles. The monoisotopic (exact) mass is 296 g/mol. The second kappa shape index (κ2) is 11.1. The summed E-state index contributed by atoms with van der Waals surface area (Å²) in [5, 5.41) is 11.5. The molecule has 120 valence electrons. The molecule has 1 unspecified atom stereocenters. The lowest BCUT2D eigenvalue weighted by Gasteiger charge is -2.05. The van der Waals surface area contributed by atoms with Crippen LogP contribution in [0.4, 0.5) is 0 Å². The number of carbonyl (C=O) groups excluding carboxylic acids is 1. The molecular weight excluding hydrogens is 268 g/mol. The molecule has 1 fully saturated rings. The lowest BCUT2D eigenvalue weighted by molar-refractivity contribution is -0.132. The van der Waals surface area contributed by atoms with E-state index in [1.54, 1.807) is 6.08 Å². The van der Waals surface area contributed by atoms with Crippen molar-refractivity contribution in [3.63, 3.8) is 0 Å². The van der Waals surface area contributed by atoms with Gasteiger partial charge in [-0.2, -0.15) is 0 Å². The van der Waals surface area contributed by atoms with Crippen molar-refractivity contribution in [2.45, 2.75) is 46.0 Å². The molecule has 5 nitrogen and oxygen atoms in total. The van der Waals surface area contributed by atoms with Crippen LogP contribution in [0, 0.1) is 5.92 Å². The first-order chi connectivity index (χ1) is 9.97. The molecule has 0 saturated carbocycles. The van der Waals surface area contributed by atoms with Gasteiger partial charge in [-0.15, -0.1) is 6.58 Å². The highest BCUT2D eigenvalue weighted by Gasteiger charge is 2.16. The summed E-state index contributed by atoms with van der Waals surface area (Å²) in [6.45, 7) is 8.62. The summed E-state index contributed by atoms with van der Waals surface area (Å²) in [5.41, 5.74) is 6.68. The van der Waals surface area contributed by atoms with Gasteiger partial charge in [-0.25, -0.2) is 4.79 Å². The van der Waals surface area contributed by atoms with Crippen molar-refractivity contribution < 1.29 is 14.7 Å². The van der Waals surface area contributed by atoms with Crippen LogP contribution in [0.2, 0.25) is 0 Å². The zero-order valence-corrected chi connectivity index (χ0v) is 13.2. The molecule has 0 radical (unpaired) electrons. The maximum atomic E-state index is 11.1. The zero-order valence-electron chi connectivity index (χ0n) is 13.2. The molecule has 21 heavy (non-hydrogen) atoms. The fraction of sp³-hybridized carbons (Fsp3) is 0.625. The van der Waals surface area contributed by atoms with Gasteiger partial charge in [0.25, 0.3) is 0 Å². The summed E-state index contributed by atoms with van der Waals surface area (Å²) in [6.07, 6.45) is 6.19. The third kappa shape index (κ3) is 7.66. The van der Waals surface area contributed by atoms with Gasteiger partial charge < -0.3 is 16.2 Å². The summed E-state index contributed by atoms with van der Waals surface area (Å²) >= 11 is 0. The maximum absolute atomic E-state index is 11.1. The molecule has 0 aromatic carbocycles. The Kier molecular flexibility index (Phi) is 10.2. The van der Waals surface area contributed by atoms with Crippen molar-refractivity contribution in [2.24, 2.45) is 11.7 Å². The number of hydrogen-bond donors (Lipinski definition) is 3. The van der Waals surface area contributed by atoms with Gasteiger partial charge in [0.15, 0.2) is 0 Å². The van der Waals surface area contributed by atoms with Gasteiger partial charge in [0.1, 0.15) is 0 Å². The topological polar surface area (TPSA) is 92.4 Å². The van der Waals surface area contributed by atoms with E-state index < -0.39 is 5.97 Å². The van der Waals surface area contributed by atoms with Crippen molar-refractivity contribution in [2.75, 3.05) is 13.1 Å². The van der Waals surface area contributed by atoms with Crippen LogP contribution in [0.5, 0.6) is 0 Å². The molecule has 0 aliphatic carbocycles. The van der Waals surface area contributed by atoms with Crippen LogP contribution in [0.15, 0.2) is 23.8 Å². The van der Waals surface area contributed by atoms with Gasteiger partial charge >= 0.3 is 5.97 Å². The van der Waals surface area contributed by atoms with Crippen molar-refractivity contribution in [3.8, 4) is 0 Å². The Morgan fingerprint density at radius 2 is 2.19 bits per heavy atom. The Labute approximate surface area is 127 Å². The average Bonchev–Trinajstić information content (AvgIpc) is 2.64. The molecule has 1 saturated heterocycles. The maximum Gasteiger partial charge on any atom is 0.331 e. The van der Waals surface area contributed by atoms with E-state index in [9.17, 15) is 9.59 Å². The minimum absolute atomic E-state index is 0.0579. The second-order valence-electron chi connectivity index (χ2n) is 5.09. The highest BCUT2D eigenvalue weighted by Crippen LogP contribution is 2.12. The van der Waals surface area contributed by atoms with Gasteiger partial charge in [-0.1, -0.05) is 25.0 Å². The summed E-state index contributed by atoms with van der Waals surface area (Å²) in [6, 6.07) is 0. The molecule has 1 rings (SSSR count). The Morgan fingerprint density at radius 1 is 1.52 bits per heavy atom. The highest BCUT2D eigenvalue weighted by molar-refractivity contribution is 5.87. The average molecular weight is 296 g/mol. The van der Waals surface area contributed by atoms with E-state index in [1.165, 1.54) is 0 Å². The van der Waals surface area contributed by atoms with Gasteiger partial charge in [0.2, 0.25) is 5.91 Å². The van der Waals surface area contributed by atoms with Crippen LogP contribution in [-0.4, -0.2) is 30.1 Å². The van der Waals surface area contributed by atoms with Crippen LogP contribution < -0.4 is 11.1 Å². The summed E-state index contributed by atoms with van der Waals surface area (Å²) in [7, 11) is 0. The molecule has 4 N–H and O–H groups in total. The lowest BCUT2D eigenvalue weighted by Crippen LogP contribution is -2.27. The van der Waals surface area contributed by atoms with Gasteiger partial charge in [0, 0.05) is 12.1 Å². The molecule has 0 bridgehead atoms. The predicted molar refractivity (Wildman–Crippen MR) is 84.8 cm³/mol.